The molecule has 0 amide bonds. The molecule has 0 aliphatic carbocycles. The quantitative estimate of drug-likeness (QED) is 0.332. The van der Waals surface area contributed by atoms with Gasteiger partial charge in [0.15, 0.2) is 5.69 Å². The summed E-state index contributed by atoms with van der Waals surface area (Å²) in [5.74, 6) is -0.0541. The highest BCUT2D eigenvalue weighted by Crippen LogP contribution is 2.34. The Hall–Kier alpha value is -3.62. The van der Waals surface area contributed by atoms with Crippen LogP contribution < -0.4 is 0 Å². The van der Waals surface area contributed by atoms with Crippen LogP contribution in [0.1, 0.15) is 5.56 Å². The molecule has 3 heterocycles. The van der Waals surface area contributed by atoms with Gasteiger partial charge in [0.1, 0.15) is 17.2 Å². The van der Waals surface area contributed by atoms with Gasteiger partial charge >= 0.3 is 0 Å². The Morgan fingerprint density at radius 2 is 1.69 bits per heavy atom. The Bertz CT molecular complexity index is 1410. The molecule has 5 aromatic rings. The van der Waals surface area contributed by atoms with Crippen molar-refractivity contribution in [1.82, 2.24) is 30.1 Å². The lowest BCUT2D eigenvalue weighted by Crippen LogP contribution is -2.02. The first kappa shape index (κ1) is 20.3. The van der Waals surface area contributed by atoms with E-state index in [1.54, 1.807) is 54.9 Å². The summed E-state index contributed by atoms with van der Waals surface area (Å²) < 4.78 is 21.4. The van der Waals surface area contributed by atoms with Gasteiger partial charge in [-0.2, -0.15) is 4.98 Å². The predicted molar refractivity (Wildman–Crippen MR) is 118 cm³/mol. The first-order valence-electron chi connectivity index (χ1n) is 9.44. The second kappa shape index (κ2) is 8.14. The minimum absolute atomic E-state index is 0.113. The SMILES string of the molecule is Cc1c(Cl)cc(-c2noc(-c3nnn(-c4ccccc4F)c3-c3ccncc3)n2)cc1Cl. The lowest BCUT2D eigenvalue weighted by Gasteiger charge is -2.08. The van der Waals surface area contributed by atoms with Gasteiger partial charge in [0.05, 0.1) is 0 Å². The average molecular weight is 467 g/mol. The van der Waals surface area contributed by atoms with Crippen LogP contribution in [0.2, 0.25) is 10.0 Å². The van der Waals surface area contributed by atoms with Crippen LogP contribution in [0.4, 0.5) is 4.39 Å². The van der Waals surface area contributed by atoms with Crippen LogP contribution in [0, 0.1) is 12.7 Å². The van der Waals surface area contributed by atoms with E-state index in [1.165, 1.54) is 10.7 Å². The Labute approximate surface area is 191 Å². The van der Waals surface area contributed by atoms with Gasteiger partial charge in [-0.25, -0.2) is 9.07 Å². The van der Waals surface area contributed by atoms with Gasteiger partial charge in [-0.15, -0.1) is 5.10 Å². The molecular weight excluding hydrogens is 454 g/mol. The van der Waals surface area contributed by atoms with Crippen LogP contribution in [0.15, 0.2) is 65.4 Å². The van der Waals surface area contributed by atoms with Crippen molar-refractivity contribution in [3.63, 3.8) is 0 Å². The van der Waals surface area contributed by atoms with E-state index in [0.29, 0.717) is 32.6 Å². The zero-order valence-electron chi connectivity index (χ0n) is 16.5. The van der Waals surface area contributed by atoms with Crippen molar-refractivity contribution in [3.05, 3.63) is 82.4 Å². The van der Waals surface area contributed by atoms with E-state index in [-0.39, 0.29) is 17.4 Å². The number of rotatable bonds is 4. The maximum absolute atomic E-state index is 14.5. The smallest absolute Gasteiger partial charge is 0.281 e. The van der Waals surface area contributed by atoms with Crippen molar-refractivity contribution in [2.45, 2.75) is 6.92 Å². The molecule has 32 heavy (non-hydrogen) atoms. The van der Waals surface area contributed by atoms with E-state index in [0.717, 1.165) is 5.56 Å². The molecule has 0 atom stereocenters. The lowest BCUT2D eigenvalue weighted by molar-refractivity contribution is 0.431. The number of pyridine rings is 1. The minimum Gasteiger partial charge on any atom is -0.332 e. The summed E-state index contributed by atoms with van der Waals surface area (Å²) in [7, 11) is 0. The summed E-state index contributed by atoms with van der Waals surface area (Å²) >= 11 is 12.5. The maximum Gasteiger partial charge on any atom is 0.281 e. The van der Waals surface area contributed by atoms with Crippen molar-refractivity contribution in [2.75, 3.05) is 0 Å². The predicted octanol–water partition coefficient (Wildman–Crippen LogP) is 5.80. The maximum atomic E-state index is 14.5. The fourth-order valence-corrected chi connectivity index (χ4v) is 3.69. The molecule has 3 aromatic heterocycles. The molecular formula is C22H13Cl2FN6O. The van der Waals surface area contributed by atoms with E-state index in [2.05, 4.69) is 25.4 Å². The number of hydrogen-bond acceptors (Lipinski definition) is 6. The standard InChI is InChI=1S/C22H13Cl2FN6O/c1-12-15(23)10-14(11-16(12)24)21-27-22(32-29-21)19-20(13-6-8-26-9-7-13)31(30-28-19)18-5-3-2-4-17(18)25/h2-11H,1H3. The largest absolute Gasteiger partial charge is 0.332 e. The molecule has 0 aliphatic heterocycles. The third-order valence-corrected chi connectivity index (χ3v) is 5.66. The number of benzene rings is 2. The van der Waals surface area contributed by atoms with Crippen LogP contribution >= 0.6 is 23.2 Å². The normalized spacial score (nSPS) is 11.1. The first-order valence-corrected chi connectivity index (χ1v) is 10.2. The van der Waals surface area contributed by atoms with Crippen LogP contribution in [0.25, 0.3) is 39.9 Å². The van der Waals surface area contributed by atoms with Crippen molar-refractivity contribution in [2.24, 2.45) is 0 Å². The highest BCUT2D eigenvalue weighted by atomic mass is 35.5. The second-order valence-electron chi connectivity index (χ2n) is 6.87. The van der Waals surface area contributed by atoms with Crippen LogP contribution in [0.3, 0.4) is 0 Å². The summed E-state index contributed by atoms with van der Waals surface area (Å²) in [6.45, 7) is 1.82. The molecule has 0 bridgehead atoms. The Kier molecular flexibility index (Phi) is 5.16. The molecule has 0 radical (unpaired) electrons. The van der Waals surface area contributed by atoms with Gasteiger partial charge in [-0.3, -0.25) is 4.98 Å². The van der Waals surface area contributed by atoms with Gasteiger partial charge in [-0.05, 0) is 48.9 Å². The fraction of sp³-hybridized carbons (Fsp3) is 0.0455. The number of aromatic nitrogens is 6. The molecule has 5 rings (SSSR count). The third kappa shape index (κ3) is 3.53. The summed E-state index contributed by atoms with van der Waals surface area (Å²) in [4.78, 5) is 8.50. The average Bonchev–Trinajstić information content (AvgIpc) is 3.45. The molecule has 0 unspecified atom stereocenters. The Morgan fingerprint density at radius 3 is 2.41 bits per heavy atom. The molecule has 0 saturated heterocycles. The highest BCUT2D eigenvalue weighted by Gasteiger charge is 2.24. The number of nitrogens with zero attached hydrogens (tertiary/aromatic N) is 6. The molecule has 0 N–H and O–H groups in total. The monoisotopic (exact) mass is 466 g/mol. The van der Waals surface area contributed by atoms with Gasteiger partial charge in [0.2, 0.25) is 5.82 Å². The fourth-order valence-electron chi connectivity index (χ4n) is 3.20. The Morgan fingerprint density at radius 1 is 0.969 bits per heavy atom. The van der Waals surface area contributed by atoms with Gasteiger partial charge in [0.25, 0.3) is 5.89 Å². The summed E-state index contributed by atoms with van der Waals surface area (Å²) in [6, 6.07) is 13.2. The van der Waals surface area contributed by atoms with Crippen molar-refractivity contribution >= 4 is 23.2 Å². The van der Waals surface area contributed by atoms with Crippen molar-refractivity contribution < 1.29 is 8.91 Å². The van der Waals surface area contributed by atoms with Crippen LogP contribution in [0.5, 0.6) is 0 Å². The second-order valence-corrected chi connectivity index (χ2v) is 7.69. The van der Waals surface area contributed by atoms with Crippen LogP contribution in [-0.2, 0) is 0 Å². The van der Waals surface area contributed by atoms with E-state index in [4.69, 9.17) is 27.7 Å². The molecule has 158 valence electrons. The van der Waals surface area contributed by atoms with E-state index >= 15 is 0 Å². The van der Waals surface area contributed by atoms with Crippen LogP contribution in [-0.4, -0.2) is 30.1 Å². The van der Waals surface area contributed by atoms with E-state index in [9.17, 15) is 4.39 Å². The number of halogens is 3. The molecule has 7 nitrogen and oxygen atoms in total. The van der Waals surface area contributed by atoms with E-state index < -0.39 is 5.82 Å². The zero-order valence-corrected chi connectivity index (χ0v) is 18.0. The summed E-state index contributed by atoms with van der Waals surface area (Å²) in [5.41, 5.74) is 3.05. The molecule has 0 aliphatic rings. The summed E-state index contributed by atoms with van der Waals surface area (Å²) in [6.07, 6.45) is 3.24. The topological polar surface area (TPSA) is 82.5 Å². The summed E-state index contributed by atoms with van der Waals surface area (Å²) in [5, 5.41) is 13.4. The number of hydrogen-bond donors (Lipinski definition) is 0. The van der Waals surface area contributed by atoms with Gasteiger partial charge < -0.3 is 4.52 Å². The first-order chi connectivity index (χ1) is 15.5. The molecule has 0 spiro atoms. The van der Waals surface area contributed by atoms with Gasteiger partial charge in [0, 0.05) is 33.6 Å². The lowest BCUT2D eigenvalue weighted by atomic mass is 10.1. The van der Waals surface area contributed by atoms with Crippen molar-refractivity contribution in [1.29, 1.82) is 0 Å². The van der Waals surface area contributed by atoms with E-state index in [1.807, 2.05) is 6.92 Å². The molecule has 0 fully saturated rings. The van der Waals surface area contributed by atoms with Gasteiger partial charge in [-0.1, -0.05) is 45.7 Å². The van der Waals surface area contributed by atoms with Crippen molar-refractivity contribution in [3.8, 4) is 39.9 Å². The molecule has 2 aromatic carbocycles. The zero-order chi connectivity index (χ0) is 22.2. The molecule has 0 saturated carbocycles. The Balaban J connectivity index is 1.66. The third-order valence-electron chi connectivity index (χ3n) is 4.87. The number of para-hydroxylation sites is 1. The minimum atomic E-state index is -0.450. The highest BCUT2D eigenvalue weighted by molar-refractivity contribution is 6.36. The molecule has 10 heteroatoms.